The number of amides is 2. The van der Waals surface area contributed by atoms with Crippen molar-refractivity contribution in [1.82, 2.24) is 9.78 Å². The van der Waals surface area contributed by atoms with Crippen LogP contribution in [0.1, 0.15) is 15.9 Å². The number of hydrogen-bond acceptors (Lipinski definition) is 5. The Bertz CT molecular complexity index is 1030. The largest absolute Gasteiger partial charge is 0.484 e. The number of primary amides is 1. The van der Waals surface area contributed by atoms with Crippen molar-refractivity contribution in [2.45, 2.75) is 6.54 Å². The normalized spacial score (nSPS) is 10.4. The summed E-state index contributed by atoms with van der Waals surface area (Å²) in [5.74, 6) is -0.631. The molecule has 8 nitrogen and oxygen atoms in total. The molecule has 0 fully saturated rings. The van der Waals surface area contributed by atoms with E-state index in [1.54, 1.807) is 48.5 Å². The van der Waals surface area contributed by atoms with Crippen molar-refractivity contribution in [2.24, 2.45) is 5.73 Å². The van der Waals surface area contributed by atoms with Gasteiger partial charge in [-0.2, -0.15) is 5.10 Å². The average Bonchev–Trinajstić information content (AvgIpc) is 3.12. The fourth-order valence-electron chi connectivity index (χ4n) is 2.49. The Balaban J connectivity index is 1.52. The van der Waals surface area contributed by atoms with Crippen LogP contribution in [0.15, 0.2) is 60.9 Å². The second-order valence-corrected chi connectivity index (χ2v) is 6.53. The van der Waals surface area contributed by atoms with Crippen molar-refractivity contribution < 1.29 is 19.1 Å². The molecular formula is C20H17ClN4O4. The molecule has 0 atom stereocenters. The zero-order chi connectivity index (χ0) is 20.8. The first-order chi connectivity index (χ1) is 13.9. The molecule has 29 heavy (non-hydrogen) atoms. The van der Waals surface area contributed by atoms with Gasteiger partial charge in [-0.3, -0.25) is 19.1 Å². The van der Waals surface area contributed by atoms with Crippen LogP contribution >= 0.6 is 11.6 Å². The van der Waals surface area contributed by atoms with Gasteiger partial charge in [0.25, 0.3) is 5.91 Å². The monoisotopic (exact) mass is 412 g/mol. The van der Waals surface area contributed by atoms with Gasteiger partial charge in [0.15, 0.2) is 12.4 Å². The van der Waals surface area contributed by atoms with Gasteiger partial charge in [-0.15, -0.1) is 0 Å². The number of nitrogens with two attached hydrogens (primary N) is 1. The zero-order valence-electron chi connectivity index (χ0n) is 15.2. The van der Waals surface area contributed by atoms with Crippen molar-refractivity contribution >= 4 is 34.9 Å². The van der Waals surface area contributed by atoms with E-state index in [0.29, 0.717) is 27.6 Å². The number of hydrogen-bond donors (Lipinski definition) is 2. The third kappa shape index (κ3) is 5.66. The van der Waals surface area contributed by atoms with Crippen LogP contribution in [0, 0.1) is 0 Å². The minimum absolute atomic E-state index is 0.0759. The zero-order valence-corrected chi connectivity index (χ0v) is 15.9. The lowest BCUT2D eigenvalue weighted by Crippen LogP contribution is -2.20. The standard InChI is InChI=1S/C20H17ClN4O4/c21-15-5-1-13(2-6-15)20(28)14-3-7-17(8-4-14)29-12-19(27)24-16-9-23-25(10-16)11-18(22)26/h1-10H,11-12H2,(H2,22,26)(H,24,27). The highest BCUT2D eigenvalue weighted by atomic mass is 35.5. The summed E-state index contributed by atoms with van der Waals surface area (Å²) in [6.45, 7) is -0.307. The molecule has 0 aliphatic heterocycles. The summed E-state index contributed by atoms with van der Waals surface area (Å²) < 4.78 is 6.74. The van der Waals surface area contributed by atoms with E-state index in [4.69, 9.17) is 22.1 Å². The summed E-state index contributed by atoms with van der Waals surface area (Å²) in [5, 5.41) is 7.06. The van der Waals surface area contributed by atoms with Crippen molar-refractivity contribution in [3.8, 4) is 5.75 Å². The van der Waals surface area contributed by atoms with E-state index in [1.165, 1.54) is 17.1 Å². The Morgan fingerprint density at radius 2 is 1.66 bits per heavy atom. The van der Waals surface area contributed by atoms with Crippen molar-refractivity contribution in [2.75, 3.05) is 11.9 Å². The third-order valence-electron chi connectivity index (χ3n) is 3.83. The molecule has 2 amide bonds. The van der Waals surface area contributed by atoms with Crippen LogP contribution in [0.5, 0.6) is 5.75 Å². The smallest absolute Gasteiger partial charge is 0.262 e. The van der Waals surface area contributed by atoms with Gasteiger partial charge < -0.3 is 15.8 Å². The van der Waals surface area contributed by atoms with Gasteiger partial charge in [-0.25, -0.2) is 0 Å². The maximum atomic E-state index is 12.4. The molecule has 0 aliphatic rings. The average molecular weight is 413 g/mol. The highest BCUT2D eigenvalue weighted by molar-refractivity contribution is 6.30. The predicted octanol–water partition coefficient (Wildman–Crippen LogP) is 2.27. The van der Waals surface area contributed by atoms with Gasteiger partial charge in [-0.1, -0.05) is 11.6 Å². The second-order valence-electron chi connectivity index (χ2n) is 6.09. The van der Waals surface area contributed by atoms with Gasteiger partial charge in [0.05, 0.1) is 11.9 Å². The summed E-state index contributed by atoms with van der Waals surface area (Å²) >= 11 is 5.83. The van der Waals surface area contributed by atoms with Crippen LogP contribution in [-0.2, 0) is 16.1 Å². The highest BCUT2D eigenvalue weighted by Crippen LogP contribution is 2.17. The van der Waals surface area contributed by atoms with E-state index < -0.39 is 11.8 Å². The van der Waals surface area contributed by atoms with Gasteiger partial charge in [0, 0.05) is 22.3 Å². The van der Waals surface area contributed by atoms with Crippen LogP contribution in [0.25, 0.3) is 0 Å². The molecule has 1 aromatic heterocycles. The van der Waals surface area contributed by atoms with Crippen LogP contribution in [-0.4, -0.2) is 34.0 Å². The van der Waals surface area contributed by atoms with Crippen molar-refractivity contribution in [3.63, 3.8) is 0 Å². The minimum atomic E-state index is -0.535. The van der Waals surface area contributed by atoms with Gasteiger partial charge >= 0.3 is 0 Å². The number of benzene rings is 2. The first kappa shape index (κ1) is 20.1. The molecule has 0 bridgehead atoms. The van der Waals surface area contributed by atoms with E-state index in [2.05, 4.69) is 10.4 Å². The Morgan fingerprint density at radius 1 is 1.03 bits per heavy atom. The number of rotatable bonds is 8. The summed E-state index contributed by atoms with van der Waals surface area (Å²) in [5.41, 5.74) is 6.52. The number of nitrogens with zero attached hydrogens (tertiary/aromatic N) is 2. The van der Waals surface area contributed by atoms with Crippen LogP contribution in [0.2, 0.25) is 5.02 Å². The first-order valence-electron chi connectivity index (χ1n) is 8.54. The lowest BCUT2D eigenvalue weighted by Gasteiger charge is -2.07. The molecule has 1 heterocycles. The summed E-state index contributed by atoms with van der Waals surface area (Å²) in [6, 6.07) is 13.1. The van der Waals surface area contributed by atoms with E-state index in [9.17, 15) is 14.4 Å². The molecule has 3 N–H and O–H groups in total. The Labute approximate surface area is 171 Å². The number of aromatic nitrogens is 2. The van der Waals surface area contributed by atoms with E-state index in [0.717, 1.165) is 0 Å². The molecule has 0 spiro atoms. The Hall–Kier alpha value is -3.65. The SMILES string of the molecule is NC(=O)Cn1cc(NC(=O)COc2ccc(C(=O)c3ccc(Cl)cc3)cc2)cn1. The van der Waals surface area contributed by atoms with Gasteiger partial charge in [0.2, 0.25) is 5.91 Å². The van der Waals surface area contributed by atoms with Gasteiger partial charge in [-0.05, 0) is 48.5 Å². The number of ether oxygens (including phenoxy) is 1. The predicted molar refractivity (Wildman–Crippen MR) is 107 cm³/mol. The lowest BCUT2D eigenvalue weighted by atomic mass is 10.0. The number of halogens is 1. The Kier molecular flexibility index (Phi) is 6.25. The van der Waals surface area contributed by atoms with E-state index in [-0.39, 0.29) is 18.9 Å². The molecule has 0 radical (unpaired) electrons. The number of carbonyl (C=O) groups is 3. The van der Waals surface area contributed by atoms with Gasteiger partial charge in [0.1, 0.15) is 12.3 Å². The van der Waals surface area contributed by atoms with Crippen molar-refractivity contribution in [3.05, 3.63) is 77.1 Å². The molecular weight excluding hydrogens is 396 g/mol. The second kappa shape index (κ2) is 9.03. The number of nitrogens with one attached hydrogen (secondary N) is 1. The van der Waals surface area contributed by atoms with Crippen LogP contribution < -0.4 is 15.8 Å². The maximum absolute atomic E-state index is 12.4. The molecule has 3 aromatic rings. The summed E-state index contributed by atoms with van der Waals surface area (Å²) in [6.07, 6.45) is 2.89. The molecule has 9 heteroatoms. The maximum Gasteiger partial charge on any atom is 0.262 e. The molecule has 0 unspecified atom stereocenters. The number of ketones is 1. The minimum Gasteiger partial charge on any atom is -0.484 e. The van der Waals surface area contributed by atoms with Crippen LogP contribution in [0.4, 0.5) is 5.69 Å². The fourth-order valence-corrected chi connectivity index (χ4v) is 2.62. The molecule has 0 saturated heterocycles. The first-order valence-corrected chi connectivity index (χ1v) is 8.92. The molecule has 0 saturated carbocycles. The molecule has 2 aromatic carbocycles. The molecule has 148 valence electrons. The van der Waals surface area contributed by atoms with Crippen LogP contribution in [0.3, 0.4) is 0 Å². The van der Waals surface area contributed by atoms with Crippen molar-refractivity contribution in [1.29, 1.82) is 0 Å². The summed E-state index contributed by atoms with van der Waals surface area (Å²) in [7, 11) is 0. The lowest BCUT2D eigenvalue weighted by molar-refractivity contribution is -0.119. The number of carbonyl (C=O) groups excluding carboxylic acids is 3. The van der Waals surface area contributed by atoms with E-state index in [1.807, 2.05) is 0 Å². The topological polar surface area (TPSA) is 116 Å². The third-order valence-corrected chi connectivity index (χ3v) is 4.08. The Morgan fingerprint density at radius 3 is 2.28 bits per heavy atom. The quantitative estimate of drug-likeness (QED) is 0.550. The molecule has 3 rings (SSSR count). The number of anilines is 1. The fraction of sp³-hybridized carbons (Fsp3) is 0.100. The molecule has 0 aliphatic carbocycles. The summed E-state index contributed by atoms with van der Waals surface area (Å²) in [4.78, 5) is 35.2. The van der Waals surface area contributed by atoms with E-state index >= 15 is 0 Å². The highest BCUT2D eigenvalue weighted by Gasteiger charge is 2.10.